The minimum atomic E-state index is -0.449. The summed E-state index contributed by atoms with van der Waals surface area (Å²) in [4.78, 5) is 17.4. The maximum atomic E-state index is 13.1. The van der Waals surface area contributed by atoms with Gasteiger partial charge >= 0.3 is 0 Å². The molecule has 0 spiro atoms. The molecule has 0 saturated heterocycles. The lowest BCUT2D eigenvalue weighted by atomic mass is 10.1. The van der Waals surface area contributed by atoms with Gasteiger partial charge in [-0.2, -0.15) is 5.21 Å². The third-order valence-corrected chi connectivity index (χ3v) is 4.31. The molecule has 0 aliphatic carbocycles. The highest BCUT2D eigenvalue weighted by Crippen LogP contribution is 2.25. The SMILES string of the molecule is Cn1c(=O)c(C(=NCc2ccccc2)c2nn[nH]n2)c([O-])c2ccccc21. The Kier molecular flexibility index (Phi) is 4.21. The van der Waals surface area contributed by atoms with E-state index in [4.69, 9.17) is 0 Å². The Balaban J connectivity index is 1.95. The van der Waals surface area contributed by atoms with Crippen LogP contribution in [0.15, 0.2) is 64.4 Å². The second kappa shape index (κ2) is 6.83. The molecule has 27 heavy (non-hydrogen) atoms. The molecular formula is C19H15N6O2-. The number of nitrogens with one attached hydrogen (secondary N) is 1. The number of aromatic nitrogens is 5. The summed E-state index contributed by atoms with van der Waals surface area (Å²) in [5.41, 5.74) is 1.11. The van der Waals surface area contributed by atoms with Crippen molar-refractivity contribution in [1.29, 1.82) is 0 Å². The maximum absolute atomic E-state index is 13.1. The second-order valence-corrected chi connectivity index (χ2v) is 5.97. The Morgan fingerprint density at radius 2 is 1.89 bits per heavy atom. The van der Waals surface area contributed by atoms with Crippen LogP contribution in [0.5, 0.6) is 5.75 Å². The van der Waals surface area contributed by atoms with E-state index in [1.807, 2.05) is 30.3 Å². The van der Waals surface area contributed by atoms with E-state index >= 15 is 0 Å². The van der Waals surface area contributed by atoms with Gasteiger partial charge in [0.2, 0.25) is 5.82 Å². The summed E-state index contributed by atoms with van der Waals surface area (Å²) < 4.78 is 1.43. The number of H-pyrrole nitrogens is 1. The van der Waals surface area contributed by atoms with Crippen molar-refractivity contribution >= 4 is 16.6 Å². The molecule has 0 atom stereocenters. The molecule has 134 valence electrons. The van der Waals surface area contributed by atoms with Gasteiger partial charge in [0.15, 0.2) is 0 Å². The second-order valence-electron chi connectivity index (χ2n) is 5.97. The van der Waals surface area contributed by atoms with Gasteiger partial charge in [0.05, 0.1) is 17.6 Å². The Labute approximate surface area is 153 Å². The highest BCUT2D eigenvalue weighted by molar-refractivity contribution is 6.14. The van der Waals surface area contributed by atoms with Crippen molar-refractivity contribution in [2.45, 2.75) is 6.54 Å². The average Bonchev–Trinajstić information content (AvgIpc) is 3.24. The molecule has 0 aliphatic heterocycles. The predicted molar refractivity (Wildman–Crippen MR) is 98.6 cm³/mol. The molecule has 4 rings (SSSR count). The number of aromatic amines is 1. The number of aryl methyl sites for hydroxylation is 1. The summed E-state index contributed by atoms with van der Waals surface area (Å²) in [6.07, 6.45) is 0. The first-order chi connectivity index (χ1) is 13.2. The molecule has 2 heterocycles. The van der Waals surface area contributed by atoms with Gasteiger partial charge in [-0.05, 0) is 22.2 Å². The summed E-state index contributed by atoms with van der Waals surface area (Å²) in [6, 6.07) is 16.5. The van der Waals surface area contributed by atoms with E-state index in [9.17, 15) is 9.90 Å². The van der Waals surface area contributed by atoms with E-state index in [0.717, 1.165) is 5.56 Å². The zero-order chi connectivity index (χ0) is 18.8. The number of hydrogen-bond donors (Lipinski definition) is 1. The molecule has 8 heteroatoms. The van der Waals surface area contributed by atoms with Crippen molar-refractivity contribution in [2.24, 2.45) is 12.0 Å². The summed E-state index contributed by atoms with van der Waals surface area (Å²) in [5, 5.41) is 27.3. The van der Waals surface area contributed by atoms with E-state index in [1.165, 1.54) is 4.57 Å². The molecule has 0 radical (unpaired) electrons. The van der Waals surface area contributed by atoms with Crippen LogP contribution in [0, 0.1) is 0 Å². The van der Waals surface area contributed by atoms with Crippen LogP contribution in [-0.2, 0) is 13.6 Å². The minimum absolute atomic E-state index is 0.0615. The van der Waals surface area contributed by atoms with Crippen molar-refractivity contribution in [3.05, 3.63) is 81.9 Å². The van der Waals surface area contributed by atoms with E-state index < -0.39 is 11.3 Å². The predicted octanol–water partition coefficient (Wildman–Crippen LogP) is 1.16. The average molecular weight is 359 g/mol. The highest BCUT2D eigenvalue weighted by atomic mass is 16.3. The Morgan fingerprint density at radius 3 is 2.63 bits per heavy atom. The number of fused-ring (bicyclic) bond motifs is 1. The molecule has 0 unspecified atom stereocenters. The van der Waals surface area contributed by atoms with Crippen LogP contribution in [0.25, 0.3) is 10.9 Å². The number of para-hydroxylation sites is 1. The molecule has 4 aromatic rings. The van der Waals surface area contributed by atoms with E-state index in [2.05, 4.69) is 25.6 Å². The van der Waals surface area contributed by atoms with Crippen molar-refractivity contribution in [2.75, 3.05) is 0 Å². The Morgan fingerprint density at radius 1 is 1.15 bits per heavy atom. The topological polar surface area (TPSA) is 112 Å². The fraction of sp³-hybridized carbons (Fsp3) is 0.105. The van der Waals surface area contributed by atoms with E-state index in [0.29, 0.717) is 10.9 Å². The van der Waals surface area contributed by atoms with Gasteiger partial charge in [-0.1, -0.05) is 54.3 Å². The maximum Gasteiger partial charge on any atom is 0.259 e. The summed E-state index contributed by atoms with van der Waals surface area (Å²) in [7, 11) is 1.62. The summed E-state index contributed by atoms with van der Waals surface area (Å²) in [5.74, 6) is -0.291. The minimum Gasteiger partial charge on any atom is -0.871 e. The fourth-order valence-corrected chi connectivity index (χ4v) is 2.95. The zero-order valence-corrected chi connectivity index (χ0v) is 14.5. The zero-order valence-electron chi connectivity index (χ0n) is 14.5. The van der Waals surface area contributed by atoms with Crippen LogP contribution in [-0.4, -0.2) is 30.9 Å². The van der Waals surface area contributed by atoms with Gasteiger partial charge in [-0.25, -0.2) is 0 Å². The molecule has 0 amide bonds. The molecule has 1 N–H and O–H groups in total. The van der Waals surface area contributed by atoms with Crippen molar-refractivity contribution < 1.29 is 5.11 Å². The summed E-state index contributed by atoms with van der Waals surface area (Å²) in [6.45, 7) is 0.278. The van der Waals surface area contributed by atoms with E-state index in [1.54, 1.807) is 31.3 Å². The number of tetrazole rings is 1. The number of nitrogens with zero attached hydrogens (tertiary/aromatic N) is 5. The monoisotopic (exact) mass is 359 g/mol. The lowest BCUT2D eigenvalue weighted by molar-refractivity contribution is -0.266. The van der Waals surface area contributed by atoms with Gasteiger partial charge in [-0.3, -0.25) is 9.79 Å². The third-order valence-electron chi connectivity index (χ3n) is 4.31. The summed E-state index contributed by atoms with van der Waals surface area (Å²) >= 11 is 0. The lowest BCUT2D eigenvalue weighted by Gasteiger charge is -2.19. The number of hydrogen-bond acceptors (Lipinski definition) is 6. The molecule has 2 aromatic heterocycles. The van der Waals surface area contributed by atoms with Crippen molar-refractivity contribution in [3.8, 4) is 5.75 Å². The van der Waals surface area contributed by atoms with Crippen LogP contribution in [0.1, 0.15) is 17.0 Å². The quantitative estimate of drug-likeness (QED) is 0.550. The molecule has 2 aromatic carbocycles. The lowest BCUT2D eigenvalue weighted by Crippen LogP contribution is -2.28. The first-order valence-electron chi connectivity index (χ1n) is 8.28. The smallest absolute Gasteiger partial charge is 0.259 e. The van der Waals surface area contributed by atoms with Crippen LogP contribution in [0.4, 0.5) is 0 Å². The highest BCUT2D eigenvalue weighted by Gasteiger charge is 2.19. The number of benzene rings is 2. The number of aliphatic imine (C=N–C) groups is 1. The van der Waals surface area contributed by atoms with Gasteiger partial charge in [-0.15, -0.1) is 10.2 Å². The normalized spacial score (nSPS) is 11.8. The van der Waals surface area contributed by atoms with E-state index in [-0.39, 0.29) is 23.6 Å². The van der Waals surface area contributed by atoms with Gasteiger partial charge in [0.25, 0.3) is 5.56 Å². The first-order valence-corrected chi connectivity index (χ1v) is 8.28. The molecule has 8 nitrogen and oxygen atoms in total. The third kappa shape index (κ3) is 2.97. The molecular weight excluding hydrogens is 344 g/mol. The van der Waals surface area contributed by atoms with Gasteiger partial charge in [0, 0.05) is 7.05 Å². The van der Waals surface area contributed by atoms with Crippen molar-refractivity contribution in [1.82, 2.24) is 25.2 Å². The van der Waals surface area contributed by atoms with Crippen LogP contribution < -0.4 is 10.7 Å². The standard InChI is InChI=1S/C19H16N6O2/c1-25-14-10-6-5-9-13(14)17(26)15(19(25)27)16(18-21-23-24-22-18)20-11-12-7-3-2-4-8-12/h2-10,26H,11H2,1H3,(H,21,22,23,24)/p-1. The molecule has 0 bridgehead atoms. The first kappa shape index (κ1) is 16.6. The van der Waals surface area contributed by atoms with Crippen LogP contribution in [0.2, 0.25) is 0 Å². The van der Waals surface area contributed by atoms with Gasteiger partial charge < -0.3 is 9.67 Å². The Bertz CT molecular complexity index is 1180. The van der Waals surface area contributed by atoms with Crippen LogP contribution in [0.3, 0.4) is 0 Å². The number of pyridine rings is 1. The fourth-order valence-electron chi connectivity index (χ4n) is 2.95. The van der Waals surface area contributed by atoms with Gasteiger partial charge in [0.1, 0.15) is 5.71 Å². The molecule has 0 fully saturated rings. The Hall–Kier alpha value is -3.81. The molecule has 0 aliphatic rings. The number of rotatable bonds is 4. The largest absolute Gasteiger partial charge is 0.871 e. The molecule has 0 saturated carbocycles. The van der Waals surface area contributed by atoms with Crippen molar-refractivity contribution in [3.63, 3.8) is 0 Å². The van der Waals surface area contributed by atoms with Crippen LogP contribution >= 0.6 is 0 Å².